The van der Waals surface area contributed by atoms with Gasteiger partial charge >= 0.3 is 5.97 Å². The van der Waals surface area contributed by atoms with Gasteiger partial charge in [0.05, 0.1) is 5.92 Å². The van der Waals surface area contributed by atoms with Crippen LogP contribution in [0.3, 0.4) is 0 Å². The van der Waals surface area contributed by atoms with Gasteiger partial charge in [-0.1, -0.05) is 13.8 Å². The minimum Gasteiger partial charge on any atom is -0.462 e. The number of rotatable bonds is 2. The molecular formula is C19H26O4. The molecule has 2 saturated heterocycles. The van der Waals surface area contributed by atoms with Gasteiger partial charge in [0, 0.05) is 17.8 Å². The highest BCUT2D eigenvalue weighted by Gasteiger charge is 2.61. The first-order chi connectivity index (χ1) is 10.9. The van der Waals surface area contributed by atoms with Gasteiger partial charge in [0.15, 0.2) is 0 Å². The number of Topliss-reactive ketones (excluding diaryl/α,β-unsaturated/α-hetero) is 1. The SMILES string of the molecule is C[C@]1([C@H]2CC[C@]3(C)C(=O)CC[C@H]3[C@@H]2C=O)CC2CC[C@@H]1C(=O)O2. The van der Waals surface area contributed by atoms with Crippen molar-refractivity contribution in [3.05, 3.63) is 0 Å². The molecule has 5 rings (SSSR count). The van der Waals surface area contributed by atoms with Crippen molar-refractivity contribution in [3.63, 3.8) is 0 Å². The van der Waals surface area contributed by atoms with Crippen molar-refractivity contribution in [2.45, 2.75) is 64.9 Å². The molecule has 0 spiro atoms. The van der Waals surface area contributed by atoms with Crippen molar-refractivity contribution in [3.8, 4) is 0 Å². The van der Waals surface area contributed by atoms with Crippen LogP contribution in [-0.2, 0) is 19.1 Å². The number of ether oxygens (including phenoxy) is 1. The Morgan fingerprint density at radius 1 is 1.09 bits per heavy atom. The summed E-state index contributed by atoms with van der Waals surface area (Å²) >= 11 is 0. The summed E-state index contributed by atoms with van der Waals surface area (Å²) in [6.07, 6.45) is 7.08. The number of aldehydes is 1. The molecule has 0 aromatic heterocycles. The second kappa shape index (κ2) is 4.90. The van der Waals surface area contributed by atoms with Gasteiger partial charge in [-0.2, -0.15) is 0 Å². The highest BCUT2D eigenvalue weighted by molar-refractivity contribution is 5.88. The number of esters is 1. The van der Waals surface area contributed by atoms with Crippen molar-refractivity contribution >= 4 is 18.0 Å². The van der Waals surface area contributed by atoms with Gasteiger partial charge in [0.1, 0.15) is 18.2 Å². The van der Waals surface area contributed by atoms with Crippen LogP contribution < -0.4 is 0 Å². The molecule has 5 aliphatic rings. The Bertz CT molecular complexity index is 570. The Labute approximate surface area is 137 Å². The average molecular weight is 318 g/mol. The second-order valence-electron chi connectivity index (χ2n) is 8.74. The summed E-state index contributed by atoms with van der Waals surface area (Å²) in [7, 11) is 0. The van der Waals surface area contributed by atoms with E-state index in [9.17, 15) is 14.4 Å². The monoisotopic (exact) mass is 318 g/mol. The Balaban J connectivity index is 1.68. The van der Waals surface area contributed by atoms with E-state index in [4.69, 9.17) is 4.74 Å². The summed E-state index contributed by atoms with van der Waals surface area (Å²) < 4.78 is 5.48. The topological polar surface area (TPSA) is 60.4 Å². The minimum atomic E-state index is -0.313. The summed E-state index contributed by atoms with van der Waals surface area (Å²) in [6.45, 7) is 4.26. The van der Waals surface area contributed by atoms with Crippen LogP contribution in [0.5, 0.6) is 0 Å². The number of hydrogen-bond donors (Lipinski definition) is 0. The molecule has 3 saturated carbocycles. The molecule has 4 nitrogen and oxygen atoms in total. The first-order valence-corrected chi connectivity index (χ1v) is 9.09. The van der Waals surface area contributed by atoms with Crippen molar-refractivity contribution in [1.29, 1.82) is 0 Å². The molecule has 0 aromatic rings. The zero-order valence-electron chi connectivity index (χ0n) is 14.0. The molecule has 3 aliphatic carbocycles. The number of hydrogen-bond acceptors (Lipinski definition) is 4. The van der Waals surface area contributed by atoms with E-state index in [0.29, 0.717) is 12.2 Å². The zero-order valence-corrected chi connectivity index (χ0v) is 14.0. The van der Waals surface area contributed by atoms with E-state index in [-0.39, 0.29) is 46.6 Å². The summed E-state index contributed by atoms with van der Waals surface area (Å²) in [5.41, 5.74) is -0.455. The number of carbonyl (C=O) groups excluding carboxylic acids is 3. The lowest BCUT2D eigenvalue weighted by Gasteiger charge is -2.56. The summed E-state index contributed by atoms with van der Waals surface area (Å²) in [5.74, 6) is 0.501. The van der Waals surface area contributed by atoms with Crippen LogP contribution in [0.4, 0.5) is 0 Å². The van der Waals surface area contributed by atoms with Crippen LogP contribution >= 0.6 is 0 Å². The van der Waals surface area contributed by atoms with Crippen LogP contribution in [0, 0.1) is 34.5 Å². The fraction of sp³-hybridized carbons (Fsp3) is 0.842. The second-order valence-corrected chi connectivity index (χ2v) is 8.74. The van der Waals surface area contributed by atoms with Crippen molar-refractivity contribution in [2.75, 3.05) is 0 Å². The third-order valence-electron chi connectivity index (χ3n) is 7.85. The molecule has 0 aromatic carbocycles. The molecule has 126 valence electrons. The molecule has 23 heavy (non-hydrogen) atoms. The van der Waals surface area contributed by atoms with Crippen molar-refractivity contribution in [1.82, 2.24) is 0 Å². The molecule has 4 heteroatoms. The molecule has 0 N–H and O–H groups in total. The average Bonchev–Trinajstić information content (AvgIpc) is 2.82. The van der Waals surface area contributed by atoms with Gasteiger partial charge in [-0.05, 0) is 55.8 Å². The highest BCUT2D eigenvalue weighted by atomic mass is 16.5. The van der Waals surface area contributed by atoms with Crippen LogP contribution in [0.15, 0.2) is 0 Å². The summed E-state index contributed by atoms with van der Waals surface area (Å²) in [5, 5.41) is 0. The largest absolute Gasteiger partial charge is 0.462 e. The molecule has 2 heterocycles. The van der Waals surface area contributed by atoms with Gasteiger partial charge in [-0.3, -0.25) is 9.59 Å². The fourth-order valence-corrected chi connectivity index (χ4v) is 6.49. The van der Waals surface area contributed by atoms with Crippen LogP contribution in [0.1, 0.15) is 58.8 Å². The minimum absolute atomic E-state index is 0.0309. The quantitative estimate of drug-likeness (QED) is 0.580. The normalized spacial score (nSPS) is 52.2. The van der Waals surface area contributed by atoms with E-state index in [1.807, 2.05) is 0 Å². The van der Waals surface area contributed by atoms with Crippen LogP contribution in [0.2, 0.25) is 0 Å². The molecule has 0 amide bonds. The Hall–Kier alpha value is -1.19. The number of fused-ring (bicyclic) bond motifs is 4. The van der Waals surface area contributed by atoms with E-state index in [1.54, 1.807) is 0 Å². The maximum atomic E-state index is 12.3. The van der Waals surface area contributed by atoms with Crippen molar-refractivity contribution in [2.24, 2.45) is 34.5 Å². The number of ketones is 1. The van der Waals surface area contributed by atoms with Gasteiger partial charge in [0.2, 0.25) is 0 Å². The third kappa shape index (κ3) is 1.93. The predicted octanol–water partition coefficient (Wildman–Crippen LogP) is 2.93. The first kappa shape index (κ1) is 15.3. The molecule has 2 aliphatic heterocycles. The highest BCUT2D eigenvalue weighted by Crippen LogP contribution is 2.62. The maximum Gasteiger partial charge on any atom is 0.309 e. The summed E-state index contributed by atoms with van der Waals surface area (Å²) in [4.78, 5) is 36.6. The fourth-order valence-electron chi connectivity index (χ4n) is 6.49. The number of carbonyl (C=O) groups is 3. The first-order valence-electron chi connectivity index (χ1n) is 9.09. The molecule has 1 unspecified atom stereocenters. The Morgan fingerprint density at radius 3 is 2.52 bits per heavy atom. The predicted molar refractivity (Wildman–Crippen MR) is 83.4 cm³/mol. The van der Waals surface area contributed by atoms with Gasteiger partial charge < -0.3 is 9.53 Å². The third-order valence-corrected chi connectivity index (χ3v) is 7.85. The Morgan fingerprint density at radius 2 is 1.87 bits per heavy atom. The van der Waals surface area contributed by atoms with E-state index in [2.05, 4.69) is 13.8 Å². The molecule has 2 bridgehead atoms. The van der Waals surface area contributed by atoms with Gasteiger partial charge in [-0.25, -0.2) is 0 Å². The maximum absolute atomic E-state index is 12.3. The van der Waals surface area contributed by atoms with Gasteiger partial charge in [0.25, 0.3) is 0 Å². The molecule has 0 radical (unpaired) electrons. The lowest BCUT2D eigenvalue weighted by Crippen LogP contribution is -2.57. The van der Waals surface area contributed by atoms with Crippen LogP contribution in [-0.4, -0.2) is 24.1 Å². The Kier molecular flexibility index (Phi) is 3.27. The molecular weight excluding hydrogens is 292 g/mol. The lowest BCUT2D eigenvalue weighted by atomic mass is 9.49. The van der Waals surface area contributed by atoms with E-state index >= 15 is 0 Å². The van der Waals surface area contributed by atoms with Crippen molar-refractivity contribution < 1.29 is 19.1 Å². The summed E-state index contributed by atoms with van der Waals surface area (Å²) in [6, 6.07) is 0. The lowest BCUT2D eigenvalue weighted by molar-refractivity contribution is -0.196. The smallest absolute Gasteiger partial charge is 0.309 e. The molecule has 5 fully saturated rings. The van der Waals surface area contributed by atoms with E-state index in [0.717, 1.165) is 44.8 Å². The van der Waals surface area contributed by atoms with Gasteiger partial charge in [-0.15, -0.1) is 0 Å². The standard InChI is InChI=1S/C19H26O4/c1-18-8-7-14(12(10-20)13(18)5-6-16(18)21)19(2)9-11-3-4-15(19)17(22)23-11/h10-15H,3-9H2,1-2H3/t11?,12-,13-,14-,15+,18-,19+/m0/s1. The van der Waals surface area contributed by atoms with Crippen LogP contribution in [0.25, 0.3) is 0 Å². The van der Waals surface area contributed by atoms with E-state index in [1.165, 1.54) is 0 Å². The molecule has 7 atom stereocenters. The van der Waals surface area contributed by atoms with E-state index < -0.39 is 0 Å². The zero-order chi connectivity index (χ0) is 16.4.